The van der Waals surface area contributed by atoms with Crippen molar-refractivity contribution in [2.75, 3.05) is 56.1 Å². The first-order chi connectivity index (χ1) is 19.9. The van der Waals surface area contributed by atoms with Crippen LogP contribution >= 0.6 is 11.6 Å². The number of hydrogen-bond acceptors (Lipinski definition) is 8. The van der Waals surface area contributed by atoms with Crippen LogP contribution in [0.3, 0.4) is 0 Å². The summed E-state index contributed by atoms with van der Waals surface area (Å²) in [6, 6.07) is 8.34. The Morgan fingerprint density at radius 2 is 1.76 bits per heavy atom. The number of nitrogens with one attached hydrogen (secondary N) is 2. The number of aromatic nitrogens is 1. The number of aliphatic carboxylic acids is 1. The second-order valence-electron chi connectivity index (χ2n) is 9.42. The molecule has 0 radical (unpaired) electrons. The highest BCUT2D eigenvalue weighted by atomic mass is 35.5. The van der Waals surface area contributed by atoms with Gasteiger partial charge in [0, 0.05) is 49.9 Å². The fraction of sp³-hybridized carbons (Fsp3) is 0.444. The number of esters is 1. The standard InChI is InChI=1S/C25H30ClN5O4.C2HF3O2/c1-2-35-25(34)17-6-10-31(11-7-17)24(33)21-15-20(16-28-22(21)30-12-8-27-9-13-30)29-23(32)18-4-3-5-19(26)14-18;3-2(4,5)1(6)7/h3-5,14-17,27H,2,6-13H2,1H3,(H,29,32);(H,6,7). The molecule has 11 nitrogen and oxygen atoms in total. The lowest BCUT2D eigenvalue weighted by atomic mass is 9.96. The number of rotatable bonds is 6. The number of carboxylic acids is 1. The van der Waals surface area contributed by atoms with E-state index in [9.17, 15) is 27.6 Å². The van der Waals surface area contributed by atoms with Gasteiger partial charge in [0.05, 0.1) is 30.0 Å². The zero-order chi connectivity index (χ0) is 30.9. The summed E-state index contributed by atoms with van der Waals surface area (Å²) in [7, 11) is 0. The maximum atomic E-state index is 13.6. The molecule has 3 heterocycles. The molecule has 2 aromatic rings. The van der Waals surface area contributed by atoms with Crippen LogP contribution in [0.25, 0.3) is 0 Å². The highest BCUT2D eigenvalue weighted by molar-refractivity contribution is 6.31. The molecule has 2 fully saturated rings. The lowest BCUT2D eigenvalue weighted by Gasteiger charge is -2.33. The molecule has 42 heavy (non-hydrogen) atoms. The zero-order valence-corrected chi connectivity index (χ0v) is 23.5. The topological polar surface area (TPSA) is 141 Å². The van der Waals surface area contributed by atoms with Crippen molar-refractivity contribution >= 4 is 46.9 Å². The Balaban J connectivity index is 0.000000616. The number of piperidine rings is 1. The number of anilines is 2. The third-order valence-corrected chi connectivity index (χ3v) is 6.74. The van der Waals surface area contributed by atoms with Crippen molar-refractivity contribution in [1.82, 2.24) is 15.2 Å². The van der Waals surface area contributed by atoms with Crippen LogP contribution < -0.4 is 15.5 Å². The number of carboxylic acid groups (broad SMARTS) is 1. The molecule has 0 saturated carbocycles. The summed E-state index contributed by atoms with van der Waals surface area (Å²) in [4.78, 5) is 55.8. The number of likely N-dealkylation sites (tertiary alicyclic amines) is 1. The molecule has 2 amide bonds. The van der Waals surface area contributed by atoms with E-state index in [0.717, 1.165) is 26.2 Å². The summed E-state index contributed by atoms with van der Waals surface area (Å²) < 4.78 is 36.9. The van der Waals surface area contributed by atoms with E-state index in [-0.39, 0.29) is 23.7 Å². The Morgan fingerprint density at radius 3 is 2.33 bits per heavy atom. The number of piperazine rings is 1. The summed E-state index contributed by atoms with van der Waals surface area (Å²) in [5.74, 6) is -3.04. The van der Waals surface area contributed by atoms with Crippen LogP contribution in [0.4, 0.5) is 24.7 Å². The van der Waals surface area contributed by atoms with Gasteiger partial charge in [0.15, 0.2) is 0 Å². The van der Waals surface area contributed by atoms with E-state index in [1.807, 2.05) is 0 Å². The molecule has 0 atom stereocenters. The fourth-order valence-electron chi connectivity index (χ4n) is 4.39. The number of carbonyl (C=O) groups excluding carboxylic acids is 3. The molecular formula is C27H31ClF3N5O6. The second kappa shape index (κ2) is 14.8. The highest BCUT2D eigenvalue weighted by Gasteiger charge is 2.38. The van der Waals surface area contributed by atoms with Crippen molar-refractivity contribution in [2.24, 2.45) is 5.92 Å². The van der Waals surface area contributed by atoms with Crippen LogP contribution in [0.1, 0.15) is 40.5 Å². The Hall–Kier alpha value is -3.91. The minimum absolute atomic E-state index is 0.160. The molecule has 3 N–H and O–H groups in total. The molecule has 15 heteroatoms. The number of pyridine rings is 1. The van der Waals surface area contributed by atoms with Gasteiger partial charge in [-0.15, -0.1) is 0 Å². The van der Waals surface area contributed by atoms with E-state index in [2.05, 4.69) is 20.5 Å². The van der Waals surface area contributed by atoms with Crippen molar-refractivity contribution in [2.45, 2.75) is 25.9 Å². The third kappa shape index (κ3) is 9.05. The average molecular weight is 614 g/mol. The second-order valence-corrected chi connectivity index (χ2v) is 9.85. The lowest BCUT2D eigenvalue weighted by molar-refractivity contribution is -0.192. The van der Waals surface area contributed by atoms with Gasteiger partial charge >= 0.3 is 18.1 Å². The molecule has 228 valence electrons. The smallest absolute Gasteiger partial charge is 0.475 e. The van der Waals surface area contributed by atoms with Crippen molar-refractivity contribution in [1.29, 1.82) is 0 Å². The summed E-state index contributed by atoms with van der Waals surface area (Å²) in [6.07, 6.45) is -2.39. The summed E-state index contributed by atoms with van der Waals surface area (Å²) >= 11 is 6.02. The van der Waals surface area contributed by atoms with Crippen LogP contribution in [0.15, 0.2) is 36.5 Å². The molecule has 2 aliphatic heterocycles. The molecule has 2 saturated heterocycles. The first-order valence-electron chi connectivity index (χ1n) is 13.2. The minimum atomic E-state index is -5.08. The molecule has 4 rings (SSSR count). The molecule has 0 aliphatic carbocycles. The Bertz CT molecular complexity index is 1280. The highest BCUT2D eigenvalue weighted by Crippen LogP contribution is 2.27. The zero-order valence-electron chi connectivity index (χ0n) is 22.7. The van der Waals surface area contributed by atoms with E-state index >= 15 is 0 Å². The normalized spacial score (nSPS) is 15.7. The van der Waals surface area contributed by atoms with E-state index in [1.165, 1.54) is 0 Å². The van der Waals surface area contributed by atoms with Gasteiger partial charge in [-0.2, -0.15) is 13.2 Å². The molecule has 2 aliphatic rings. The van der Waals surface area contributed by atoms with Crippen LogP contribution in [-0.4, -0.2) is 90.8 Å². The van der Waals surface area contributed by atoms with E-state index < -0.39 is 12.1 Å². The maximum Gasteiger partial charge on any atom is 0.490 e. The van der Waals surface area contributed by atoms with Crippen molar-refractivity contribution in [3.63, 3.8) is 0 Å². The first kappa shape index (κ1) is 32.6. The van der Waals surface area contributed by atoms with Gasteiger partial charge in [-0.25, -0.2) is 9.78 Å². The SMILES string of the molecule is CCOC(=O)C1CCN(C(=O)c2cc(NC(=O)c3cccc(Cl)c3)cnc2N2CCNCC2)CC1.O=C(O)C(F)(F)F. The van der Waals surface area contributed by atoms with E-state index in [1.54, 1.807) is 48.4 Å². The first-order valence-corrected chi connectivity index (χ1v) is 13.6. The average Bonchev–Trinajstić information content (AvgIpc) is 2.97. The fourth-order valence-corrected chi connectivity index (χ4v) is 4.58. The number of amides is 2. The predicted octanol–water partition coefficient (Wildman–Crippen LogP) is 3.45. The van der Waals surface area contributed by atoms with E-state index in [4.69, 9.17) is 26.2 Å². The molecule has 0 spiro atoms. The van der Waals surface area contributed by atoms with Gasteiger partial charge in [-0.1, -0.05) is 17.7 Å². The monoisotopic (exact) mass is 613 g/mol. The number of carbonyl (C=O) groups is 4. The Kier molecular flexibility index (Phi) is 11.5. The Morgan fingerprint density at radius 1 is 1.12 bits per heavy atom. The quantitative estimate of drug-likeness (QED) is 0.418. The molecule has 0 unspecified atom stereocenters. The van der Waals surface area contributed by atoms with Crippen molar-refractivity contribution < 1.29 is 42.2 Å². The third-order valence-electron chi connectivity index (χ3n) is 6.50. The number of ether oxygens (including phenoxy) is 1. The summed E-state index contributed by atoms with van der Waals surface area (Å²) in [5.41, 5.74) is 1.28. The number of hydrogen-bond donors (Lipinski definition) is 3. The number of alkyl halides is 3. The lowest BCUT2D eigenvalue weighted by Crippen LogP contribution is -2.45. The van der Waals surface area contributed by atoms with E-state index in [0.29, 0.717) is 60.2 Å². The molecule has 0 bridgehead atoms. The number of halogens is 4. The molecular weight excluding hydrogens is 583 g/mol. The van der Waals surface area contributed by atoms with Gasteiger partial charge < -0.3 is 30.3 Å². The van der Waals surface area contributed by atoms with Gasteiger partial charge in [0.25, 0.3) is 11.8 Å². The van der Waals surface area contributed by atoms with Gasteiger partial charge in [0.2, 0.25) is 0 Å². The van der Waals surface area contributed by atoms with Crippen LogP contribution in [0, 0.1) is 5.92 Å². The number of benzene rings is 1. The number of nitrogens with zero attached hydrogens (tertiary/aromatic N) is 3. The molecule has 1 aromatic carbocycles. The van der Waals surface area contributed by atoms with Gasteiger partial charge in [-0.05, 0) is 44.0 Å². The summed E-state index contributed by atoms with van der Waals surface area (Å²) in [6.45, 7) is 6.12. The van der Waals surface area contributed by atoms with Gasteiger partial charge in [0.1, 0.15) is 5.82 Å². The van der Waals surface area contributed by atoms with Gasteiger partial charge in [-0.3, -0.25) is 14.4 Å². The van der Waals surface area contributed by atoms with Crippen LogP contribution in [0.5, 0.6) is 0 Å². The largest absolute Gasteiger partial charge is 0.490 e. The maximum absolute atomic E-state index is 13.6. The van der Waals surface area contributed by atoms with Crippen LogP contribution in [0.2, 0.25) is 5.02 Å². The van der Waals surface area contributed by atoms with Crippen molar-refractivity contribution in [3.05, 3.63) is 52.7 Å². The Labute approximate surface area is 245 Å². The summed E-state index contributed by atoms with van der Waals surface area (Å²) in [5, 5.41) is 13.7. The van der Waals surface area contributed by atoms with Crippen molar-refractivity contribution in [3.8, 4) is 0 Å². The molecule has 1 aromatic heterocycles. The minimum Gasteiger partial charge on any atom is -0.475 e. The van der Waals surface area contributed by atoms with Crippen LogP contribution in [-0.2, 0) is 14.3 Å². The predicted molar refractivity (Wildman–Crippen MR) is 148 cm³/mol.